The third kappa shape index (κ3) is 3.94. The standard InChI is InChI=1S/C25H26N2O/c1-3-19-5-7-20(8-6-19)9-10-21-11-16-25-24(17-21)26-18-27(25)22-12-14-23(15-13-22)28-4-2/h5-8,11-18H,3-4,9-10H2,1-2H3/p+1. The van der Waals surface area contributed by atoms with Gasteiger partial charge in [-0.05, 0) is 79.3 Å². The van der Waals surface area contributed by atoms with Crippen molar-refractivity contribution in [2.75, 3.05) is 6.61 Å². The van der Waals surface area contributed by atoms with Gasteiger partial charge >= 0.3 is 0 Å². The largest absolute Gasteiger partial charge is 0.494 e. The molecule has 1 aromatic heterocycles. The summed E-state index contributed by atoms with van der Waals surface area (Å²) in [4.78, 5) is 3.41. The summed E-state index contributed by atoms with van der Waals surface area (Å²) >= 11 is 0. The van der Waals surface area contributed by atoms with Crippen LogP contribution in [-0.2, 0) is 19.3 Å². The van der Waals surface area contributed by atoms with Crippen molar-refractivity contribution in [2.45, 2.75) is 33.1 Å². The van der Waals surface area contributed by atoms with Crippen LogP contribution in [0.2, 0.25) is 0 Å². The molecule has 1 N–H and O–H groups in total. The zero-order chi connectivity index (χ0) is 19.3. The number of ether oxygens (including phenoxy) is 1. The highest BCUT2D eigenvalue weighted by molar-refractivity contribution is 5.72. The molecule has 1 heterocycles. The van der Waals surface area contributed by atoms with Crippen LogP contribution in [0.5, 0.6) is 5.75 Å². The van der Waals surface area contributed by atoms with E-state index >= 15 is 0 Å². The van der Waals surface area contributed by atoms with E-state index in [2.05, 4.69) is 71.1 Å². The van der Waals surface area contributed by atoms with Crippen LogP contribution in [0.15, 0.2) is 73.1 Å². The Labute approximate surface area is 166 Å². The molecule has 0 aliphatic heterocycles. The number of H-pyrrole nitrogens is 1. The van der Waals surface area contributed by atoms with E-state index in [0.717, 1.165) is 36.2 Å². The van der Waals surface area contributed by atoms with Gasteiger partial charge in [-0.15, -0.1) is 0 Å². The van der Waals surface area contributed by atoms with E-state index in [1.54, 1.807) is 0 Å². The van der Waals surface area contributed by atoms with Crippen LogP contribution in [-0.4, -0.2) is 11.6 Å². The fourth-order valence-corrected chi connectivity index (χ4v) is 3.58. The van der Waals surface area contributed by atoms with Gasteiger partial charge < -0.3 is 4.74 Å². The van der Waals surface area contributed by atoms with Crippen molar-refractivity contribution in [2.24, 2.45) is 0 Å². The molecule has 0 spiro atoms. The van der Waals surface area contributed by atoms with Gasteiger partial charge in [0.1, 0.15) is 11.4 Å². The van der Waals surface area contributed by atoms with Gasteiger partial charge in [0.25, 0.3) is 0 Å². The number of nitrogens with zero attached hydrogens (tertiary/aromatic N) is 1. The Morgan fingerprint density at radius 3 is 2.18 bits per heavy atom. The molecular weight excluding hydrogens is 344 g/mol. The maximum absolute atomic E-state index is 5.54. The summed E-state index contributed by atoms with van der Waals surface area (Å²) in [5.74, 6) is 0.904. The van der Waals surface area contributed by atoms with Gasteiger partial charge in [-0.2, -0.15) is 4.57 Å². The number of aromatic nitrogens is 2. The number of hydrogen-bond acceptors (Lipinski definition) is 1. The number of hydrogen-bond donors (Lipinski definition) is 1. The predicted octanol–water partition coefficient (Wildman–Crippen LogP) is 5.19. The first-order chi connectivity index (χ1) is 13.8. The molecule has 0 saturated carbocycles. The molecule has 28 heavy (non-hydrogen) atoms. The normalized spacial score (nSPS) is 11.1. The lowest BCUT2D eigenvalue weighted by Gasteiger charge is -2.04. The van der Waals surface area contributed by atoms with Crippen LogP contribution in [0, 0.1) is 0 Å². The topological polar surface area (TPSA) is 28.9 Å². The van der Waals surface area contributed by atoms with Gasteiger partial charge in [0.15, 0.2) is 11.0 Å². The monoisotopic (exact) mass is 371 g/mol. The van der Waals surface area contributed by atoms with Crippen molar-refractivity contribution in [3.8, 4) is 11.4 Å². The number of imidazole rings is 1. The number of aryl methyl sites for hydroxylation is 3. The summed E-state index contributed by atoms with van der Waals surface area (Å²) in [5.41, 5.74) is 7.61. The quantitative estimate of drug-likeness (QED) is 0.445. The summed E-state index contributed by atoms with van der Waals surface area (Å²) in [6.45, 7) is 4.88. The minimum absolute atomic E-state index is 0.686. The number of nitrogens with one attached hydrogen (secondary N) is 1. The minimum atomic E-state index is 0.686. The van der Waals surface area contributed by atoms with Crippen molar-refractivity contribution in [1.29, 1.82) is 0 Å². The molecule has 3 nitrogen and oxygen atoms in total. The molecule has 0 fully saturated rings. The summed E-state index contributed by atoms with van der Waals surface area (Å²) in [6, 6.07) is 23.9. The number of fused-ring (bicyclic) bond motifs is 1. The zero-order valence-corrected chi connectivity index (χ0v) is 16.6. The lowest BCUT2D eigenvalue weighted by atomic mass is 10.0. The first-order valence-corrected chi connectivity index (χ1v) is 10.1. The molecule has 0 atom stereocenters. The second-order valence-corrected chi connectivity index (χ2v) is 7.09. The van der Waals surface area contributed by atoms with Gasteiger partial charge in [0.2, 0.25) is 6.33 Å². The SMILES string of the molecule is CCOc1ccc(-[n+]2c[nH]c3cc(CCc4ccc(CC)cc4)ccc32)cc1. The molecule has 0 aliphatic carbocycles. The predicted molar refractivity (Wildman–Crippen MR) is 114 cm³/mol. The number of benzene rings is 3. The van der Waals surface area contributed by atoms with E-state index in [4.69, 9.17) is 4.74 Å². The van der Waals surface area contributed by atoms with Crippen LogP contribution in [0.3, 0.4) is 0 Å². The Bertz CT molecular complexity index is 1050. The Kier molecular flexibility index (Phi) is 5.43. The number of rotatable bonds is 7. The average molecular weight is 372 g/mol. The molecular formula is C25H27N2O+. The Morgan fingerprint density at radius 1 is 0.786 bits per heavy atom. The van der Waals surface area contributed by atoms with Gasteiger partial charge in [0.05, 0.1) is 6.61 Å². The number of aromatic amines is 1. The smallest absolute Gasteiger partial charge is 0.247 e. The van der Waals surface area contributed by atoms with E-state index in [9.17, 15) is 0 Å². The second-order valence-electron chi connectivity index (χ2n) is 7.09. The van der Waals surface area contributed by atoms with E-state index < -0.39 is 0 Å². The van der Waals surface area contributed by atoms with Crippen LogP contribution in [0.4, 0.5) is 0 Å². The molecule has 0 bridgehead atoms. The maximum Gasteiger partial charge on any atom is 0.247 e. The van der Waals surface area contributed by atoms with Crippen LogP contribution in [0.1, 0.15) is 30.5 Å². The van der Waals surface area contributed by atoms with E-state index in [-0.39, 0.29) is 0 Å². The van der Waals surface area contributed by atoms with Crippen molar-refractivity contribution in [3.05, 3.63) is 89.7 Å². The third-order valence-electron chi connectivity index (χ3n) is 5.23. The lowest BCUT2D eigenvalue weighted by molar-refractivity contribution is -0.567. The maximum atomic E-state index is 5.54. The molecule has 3 heteroatoms. The van der Waals surface area contributed by atoms with E-state index in [1.165, 1.54) is 22.2 Å². The molecule has 0 saturated heterocycles. The summed E-state index contributed by atoms with van der Waals surface area (Å²) in [5, 5.41) is 0. The molecule has 4 aromatic rings. The zero-order valence-electron chi connectivity index (χ0n) is 16.6. The molecule has 142 valence electrons. The van der Waals surface area contributed by atoms with Crippen molar-refractivity contribution >= 4 is 11.0 Å². The highest BCUT2D eigenvalue weighted by Gasteiger charge is 2.12. The van der Waals surface area contributed by atoms with Gasteiger partial charge in [-0.25, -0.2) is 4.98 Å². The fourth-order valence-electron chi connectivity index (χ4n) is 3.58. The highest BCUT2D eigenvalue weighted by atomic mass is 16.5. The molecule has 0 unspecified atom stereocenters. The second kappa shape index (κ2) is 8.30. The third-order valence-corrected chi connectivity index (χ3v) is 5.23. The molecule has 0 aliphatic rings. The Balaban J connectivity index is 1.50. The van der Waals surface area contributed by atoms with Gasteiger partial charge in [-0.3, -0.25) is 0 Å². The van der Waals surface area contributed by atoms with Gasteiger partial charge in [0, 0.05) is 0 Å². The molecule has 0 radical (unpaired) electrons. The van der Waals surface area contributed by atoms with Crippen molar-refractivity contribution in [1.82, 2.24) is 4.98 Å². The summed E-state index contributed by atoms with van der Waals surface area (Å²) < 4.78 is 7.72. The van der Waals surface area contributed by atoms with Crippen LogP contribution >= 0.6 is 0 Å². The van der Waals surface area contributed by atoms with E-state index in [0.29, 0.717) is 6.61 Å². The van der Waals surface area contributed by atoms with E-state index in [1.807, 2.05) is 25.4 Å². The first kappa shape index (κ1) is 18.3. The summed E-state index contributed by atoms with van der Waals surface area (Å²) in [6.07, 6.45) is 5.23. The summed E-state index contributed by atoms with van der Waals surface area (Å²) in [7, 11) is 0. The van der Waals surface area contributed by atoms with Crippen molar-refractivity contribution in [3.63, 3.8) is 0 Å². The molecule has 4 rings (SSSR count). The minimum Gasteiger partial charge on any atom is -0.494 e. The molecule has 3 aromatic carbocycles. The highest BCUT2D eigenvalue weighted by Crippen LogP contribution is 2.17. The lowest BCUT2D eigenvalue weighted by Crippen LogP contribution is -2.28. The average Bonchev–Trinajstić information content (AvgIpc) is 3.17. The molecule has 0 amide bonds. The van der Waals surface area contributed by atoms with Crippen LogP contribution in [0.25, 0.3) is 16.7 Å². The Hall–Kier alpha value is -3.07. The van der Waals surface area contributed by atoms with Crippen LogP contribution < -0.4 is 9.30 Å². The fraction of sp³-hybridized carbons (Fsp3) is 0.240. The van der Waals surface area contributed by atoms with Gasteiger partial charge in [-0.1, -0.05) is 37.3 Å². The first-order valence-electron chi connectivity index (χ1n) is 10.1. The van der Waals surface area contributed by atoms with Crippen molar-refractivity contribution < 1.29 is 9.30 Å². The Morgan fingerprint density at radius 2 is 1.46 bits per heavy atom.